The van der Waals surface area contributed by atoms with Crippen molar-refractivity contribution in [2.45, 2.75) is 26.4 Å². The molecular formula is C22H19F2N3O2. The van der Waals surface area contributed by atoms with E-state index in [0.717, 1.165) is 46.1 Å². The predicted octanol–water partition coefficient (Wildman–Crippen LogP) is 3.77. The summed E-state index contributed by atoms with van der Waals surface area (Å²) in [6.45, 7) is 3.94. The van der Waals surface area contributed by atoms with E-state index in [-0.39, 0.29) is 12.6 Å². The van der Waals surface area contributed by atoms with Gasteiger partial charge in [0.15, 0.2) is 0 Å². The Balaban J connectivity index is 1.46. The van der Waals surface area contributed by atoms with Crippen LogP contribution in [0.4, 0.5) is 8.78 Å². The summed E-state index contributed by atoms with van der Waals surface area (Å²) in [5.74, 6) is -1.86. The zero-order valence-corrected chi connectivity index (χ0v) is 16.0. The molecule has 4 rings (SSSR count). The zero-order valence-electron chi connectivity index (χ0n) is 16.0. The van der Waals surface area contributed by atoms with Gasteiger partial charge in [0, 0.05) is 18.2 Å². The van der Waals surface area contributed by atoms with Gasteiger partial charge in [-0.25, -0.2) is 13.8 Å². The fourth-order valence-corrected chi connectivity index (χ4v) is 3.40. The van der Waals surface area contributed by atoms with Gasteiger partial charge in [-0.1, -0.05) is 6.07 Å². The molecule has 2 heterocycles. The lowest BCUT2D eigenvalue weighted by Crippen LogP contribution is -2.35. The molecule has 1 aliphatic heterocycles. The van der Waals surface area contributed by atoms with Crippen molar-refractivity contribution in [1.29, 1.82) is 0 Å². The average molecular weight is 395 g/mol. The van der Waals surface area contributed by atoms with E-state index in [2.05, 4.69) is 15.3 Å². The lowest BCUT2D eigenvalue weighted by atomic mass is 10.0. The van der Waals surface area contributed by atoms with Crippen molar-refractivity contribution in [3.05, 3.63) is 76.7 Å². The van der Waals surface area contributed by atoms with E-state index in [9.17, 15) is 13.6 Å². The van der Waals surface area contributed by atoms with E-state index in [0.29, 0.717) is 6.42 Å². The standard InChI is InChI=1S/C22H19F2N3O2/c1-12-10-25-13(2)21(27-12)14-6-7-19-15(8-14)9-16(29-19)11-26-22(28)20-17(23)4-3-5-18(20)24/h3-8,10,16H,9,11H2,1-2H3,(H,26,28). The van der Waals surface area contributed by atoms with Gasteiger partial charge < -0.3 is 10.1 Å². The maximum atomic E-state index is 13.7. The van der Waals surface area contributed by atoms with Crippen LogP contribution in [0.5, 0.6) is 5.75 Å². The summed E-state index contributed by atoms with van der Waals surface area (Å²) in [5, 5.41) is 2.55. The van der Waals surface area contributed by atoms with E-state index in [1.807, 2.05) is 32.0 Å². The third-order valence-corrected chi connectivity index (χ3v) is 4.83. The minimum atomic E-state index is -0.891. The highest BCUT2D eigenvalue weighted by Crippen LogP contribution is 2.33. The first kappa shape index (κ1) is 19.0. The average Bonchev–Trinajstić information content (AvgIpc) is 3.10. The molecule has 0 fully saturated rings. The highest BCUT2D eigenvalue weighted by molar-refractivity contribution is 5.94. The van der Waals surface area contributed by atoms with Gasteiger partial charge in [-0.2, -0.15) is 0 Å². The summed E-state index contributed by atoms with van der Waals surface area (Å²) in [7, 11) is 0. The molecule has 0 bridgehead atoms. The topological polar surface area (TPSA) is 64.1 Å². The number of rotatable bonds is 4. The fourth-order valence-electron chi connectivity index (χ4n) is 3.40. The van der Waals surface area contributed by atoms with Gasteiger partial charge >= 0.3 is 0 Å². The number of aryl methyl sites for hydroxylation is 2. The number of hydrogen-bond acceptors (Lipinski definition) is 4. The second-order valence-corrected chi connectivity index (χ2v) is 7.02. The van der Waals surface area contributed by atoms with Crippen LogP contribution in [-0.2, 0) is 6.42 Å². The Bertz CT molecular complexity index is 1080. The Morgan fingerprint density at radius 3 is 2.72 bits per heavy atom. The molecule has 5 nitrogen and oxygen atoms in total. The Hall–Kier alpha value is -3.35. The van der Waals surface area contributed by atoms with Gasteiger partial charge in [0.05, 0.1) is 23.6 Å². The van der Waals surface area contributed by atoms with E-state index in [1.54, 1.807) is 6.20 Å². The summed E-state index contributed by atoms with van der Waals surface area (Å²) in [6.07, 6.45) is 1.98. The van der Waals surface area contributed by atoms with Crippen LogP contribution in [0.25, 0.3) is 11.3 Å². The molecule has 0 saturated heterocycles. The van der Waals surface area contributed by atoms with E-state index in [4.69, 9.17) is 4.74 Å². The predicted molar refractivity (Wildman–Crippen MR) is 104 cm³/mol. The lowest BCUT2D eigenvalue weighted by Gasteiger charge is -2.12. The van der Waals surface area contributed by atoms with E-state index in [1.165, 1.54) is 6.07 Å². The minimum absolute atomic E-state index is 0.139. The van der Waals surface area contributed by atoms with Crippen molar-refractivity contribution >= 4 is 5.91 Å². The molecular weight excluding hydrogens is 376 g/mol. The van der Waals surface area contributed by atoms with Gasteiger partial charge in [0.2, 0.25) is 0 Å². The van der Waals surface area contributed by atoms with Crippen LogP contribution < -0.4 is 10.1 Å². The monoisotopic (exact) mass is 395 g/mol. The first-order chi connectivity index (χ1) is 13.9. The Morgan fingerprint density at radius 1 is 1.21 bits per heavy atom. The summed E-state index contributed by atoms with van der Waals surface area (Å²) in [5.41, 5.74) is 3.84. The molecule has 0 saturated carbocycles. The Labute approximate surface area is 166 Å². The van der Waals surface area contributed by atoms with Gasteiger partial charge in [-0.3, -0.25) is 9.78 Å². The van der Waals surface area contributed by atoms with Gasteiger partial charge in [-0.05, 0) is 49.7 Å². The van der Waals surface area contributed by atoms with Crippen LogP contribution in [0, 0.1) is 25.5 Å². The highest BCUT2D eigenvalue weighted by Gasteiger charge is 2.25. The number of fused-ring (bicyclic) bond motifs is 1. The van der Waals surface area contributed by atoms with Crippen molar-refractivity contribution in [1.82, 2.24) is 15.3 Å². The first-order valence-corrected chi connectivity index (χ1v) is 9.25. The molecule has 1 aromatic heterocycles. The molecule has 7 heteroatoms. The number of nitrogens with zero attached hydrogens (tertiary/aromatic N) is 2. The lowest BCUT2D eigenvalue weighted by molar-refractivity contribution is 0.0925. The van der Waals surface area contributed by atoms with Crippen LogP contribution in [0.2, 0.25) is 0 Å². The number of halogens is 2. The Kier molecular flexibility index (Phi) is 4.96. The normalized spacial score (nSPS) is 15.0. The molecule has 2 aromatic carbocycles. The molecule has 1 N–H and O–H groups in total. The number of amides is 1. The number of carbonyl (C=O) groups is 1. The molecule has 0 radical (unpaired) electrons. The number of ether oxygens (including phenoxy) is 1. The largest absolute Gasteiger partial charge is 0.488 e. The second kappa shape index (κ2) is 7.58. The summed E-state index contributed by atoms with van der Waals surface area (Å²) in [4.78, 5) is 21.1. The van der Waals surface area contributed by atoms with Crippen LogP contribution in [0.3, 0.4) is 0 Å². The first-order valence-electron chi connectivity index (χ1n) is 9.25. The van der Waals surface area contributed by atoms with Crippen LogP contribution in [0.15, 0.2) is 42.6 Å². The van der Waals surface area contributed by atoms with Crippen molar-refractivity contribution in [2.24, 2.45) is 0 Å². The van der Waals surface area contributed by atoms with Gasteiger partial charge in [-0.15, -0.1) is 0 Å². The summed E-state index contributed by atoms with van der Waals surface area (Å²) < 4.78 is 33.3. The Morgan fingerprint density at radius 2 is 1.97 bits per heavy atom. The third-order valence-electron chi connectivity index (χ3n) is 4.83. The van der Waals surface area contributed by atoms with Crippen molar-refractivity contribution < 1.29 is 18.3 Å². The van der Waals surface area contributed by atoms with Crippen LogP contribution in [-0.4, -0.2) is 28.5 Å². The van der Waals surface area contributed by atoms with E-state index >= 15 is 0 Å². The molecule has 0 spiro atoms. The number of benzene rings is 2. The smallest absolute Gasteiger partial charge is 0.257 e. The quantitative estimate of drug-likeness (QED) is 0.730. The van der Waals surface area contributed by atoms with Crippen molar-refractivity contribution in [3.8, 4) is 17.0 Å². The third kappa shape index (κ3) is 3.81. The molecule has 1 amide bonds. The molecule has 3 aromatic rings. The molecule has 29 heavy (non-hydrogen) atoms. The molecule has 1 aliphatic rings. The fraction of sp³-hybridized carbons (Fsp3) is 0.227. The van der Waals surface area contributed by atoms with Crippen molar-refractivity contribution in [3.63, 3.8) is 0 Å². The van der Waals surface area contributed by atoms with Gasteiger partial charge in [0.25, 0.3) is 5.91 Å². The molecule has 0 aliphatic carbocycles. The van der Waals surface area contributed by atoms with Crippen LogP contribution in [0.1, 0.15) is 27.3 Å². The summed E-state index contributed by atoms with van der Waals surface area (Å²) in [6, 6.07) is 9.12. The number of hydrogen-bond donors (Lipinski definition) is 1. The maximum Gasteiger partial charge on any atom is 0.257 e. The van der Waals surface area contributed by atoms with Crippen molar-refractivity contribution in [2.75, 3.05) is 6.54 Å². The highest BCUT2D eigenvalue weighted by atomic mass is 19.1. The maximum absolute atomic E-state index is 13.7. The number of aromatic nitrogens is 2. The minimum Gasteiger partial charge on any atom is -0.488 e. The second-order valence-electron chi connectivity index (χ2n) is 7.02. The summed E-state index contributed by atoms with van der Waals surface area (Å²) >= 11 is 0. The molecule has 1 unspecified atom stereocenters. The number of nitrogens with one attached hydrogen (secondary N) is 1. The van der Waals surface area contributed by atoms with Gasteiger partial charge in [0.1, 0.15) is 29.1 Å². The van der Waals surface area contributed by atoms with E-state index < -0.39 is 23.1 Å². The zero-order chi connectivity index (χ0) is 20.5. The molecule has 148 valence electrons. The SMILES string of the molecule is Cc1cnc(C)c(-c2ccc3c(c2)CC(CNC(=O)c2c(F)cccc2F)O3)n1. The van der Waals surface area contributed by atoms with Crippen LogP contribution >= 0.6 is 0 Å². The molecule has 1 atom stereocenters. The number of carbonyl (C=O) groups excluding carboxylic acids is 1.